The molecule has 98 valence electrons. The maximum absolute atomic E-state index is 13.9. The van der Waals surface area contributed by atoms with Crippen LogP contribution >= 0.6 is 0 Å². The maximum Gasteiger partial charge on any atom is 0.145 e. The minimum absolute atomic E-state index is 0.0324. The summed E-state index contributed by atoms with van der Waals surface area (Å²) in [7, 11) is -1.51. The van der Waals surface area contributed by atoms with E-state index in [1.807, 2.05) is 12.1 Å². The van der Waals surface area contributed by atoms with Crippen molar-refractivity contribution in [3.63, 3.8) is 0 Å². The summed E-state index contributed by atoms with van der Waals surface area (Å²) in [5.74, 6) is -0.556. The quantitative estimate of drug-likeness (QED) is 0.848. The van der Waals surface area contributed by atoms with Gasteiger partial charge in [0.05, 0.1) is 21.9 Å². The molecule has 6 heteroatoms. The first kappa shape index (κ1) is 13.9. The highest BCUT2D eigenvalue weighted by Crippen LogP contribution is 2.31. The van der Waals surface area contributed by atoms with Crippen LogP contribution in [0.2, 0.25) is 0 Å². The molecule has 1 aromatic carbocycles. The lowest BCUT2D eigenvalue weighted by atomic mass is 9.97. The van der Waals surface area contributed by atoms with Crippen molar-refractivity contribution in [3.8, 4) is 23.3 Å². The van der Waals surface area contributed by atoms with Crippen molar-refractivity contribution in [2.24, 2.45) is 0 Å². The zero-order chi connectivity index (χ0) is 14.7. The molecule has 0 bridgehead atoms. The van der Waals surface area contributed by atoms with Gasteiger partial charge in [0.15, 0.2) is 0 Å². The number of pyridine rings is 1. The third-order valence-electron chi connectivity index (χ3n) is 2.69. The Hall–Kier alpha value is -2.57. The Morgan fingerprint density at radius 1 is 1.25 bits per heavy atom. The Labute approximate surface area is 117 Å². The second-order valence-electron chi connectivity index (χ2n) is 3.88. The van der Waals surface area contributed by atoms with Gasteiger partial charge in [-0.3, -0.25) is 4.21 Å². The fourth-order valence-corrected chi connectivity index (χ4v) is 2.48. The molecule has 1 atom stereocenters. The van der Waals surface area contributed by atoms with Gasteiger partial charge in [-0.15, -0.1) is 0 Å². The average Bonchev–Trinajstić information content (AvgIpc) is 2.46. The molecule has 0 spiro atoms. The summed E-state index contributed by atoms with van der Waals surface area (Å²) in [4.78, 5) is 3.87. The highest BCUT2D eigenvalue weighted by atomic mass is 32.2. The Morgan fingerprint density at radius 3 is 2.50 bits per heavy atom. The zero-order valence-corrected chi connectivity index (χ0v) is 11.2. The first-order chi connectivity index (χ1) is 9.60. The number of hydrogen-bond acceptors (Lipinski definition) is 4. The standard InChI is InChI=1S/C14H8FN3OS/c1-20(19)14-11(7-17)13(9(6-16)8-18-14)10-4-2-3-5-12(10)15/h2-5,8H,1H3. The Balaban J connectivity index is 2.91. The van der Waals surface area contributed by atoms with E-state index >= 15 is 0 Å². The molecule has 20 heavy (non-hydrogen) atoms. The van der Waals surface area contributed by atoms with Crippen molar-refractivity contribution < 1.29 is 8.60 Å². The van der Waals surface area contributed by atoms with Crippen molar-refractivity contribution in [1.29, 1.82) is 10.5 Å². The number of nitrogens with zero attached hydrogens (tertiary/aromatic N) is 3. The van der Waals surface area contributed by atoms with E-state index in [9.17, 15) is 13.9 Å². The molecule has 0 saturated heterocycles. The number of halogens is 1. The van der Waals surface area contributed by atoms with Gasteiger partial charge < -0.3 is 0 Å². The van der Waals surface area contributed by atoms with Gasteiger partial charge in [0, 0.05) is 23.6 Å². The van der Waals surface area contributed by atoms with Gasteiger partial charge in [0.1, 0.15) is 23.0 Å². The van der Waals surface area contributed by atoms with E-state index in [0.717, 1.165) is 0 Å². The molecule has 0 amide bonds. The summed E-state index contributed by atoms with van der Waals surface area (Å²) < 4.78 is 25.5. The number of rotatable bonds is 2. The molecule has 2 aromatic rings. The van der Waals surface area contributed by atoms with Crippen LogP contribution in [-0.4, -0.2) is 15.4 Å². The smallest absolute Gasteiger partial charge is 0.145 e. The zero-order valence-electron chi connectivity index (χ0n) is 10.4. The first-order valence-corrected chi connectivity index (χ1v) is 7.07. The SMILES string of the molecule is CS(=O)c1ncc(C#N)c(-c2ccccc2F)c1C#N. The molecule has 0 aliphatic heterocycles. The van der Waals surface area contributed by atoms with Gasteiger partial charge in [-0.05, 0) is 6.07 Å². The van der Waals surface area contributed by atoms with E-state index in [-0.39, 0.29) is 27.3 Å². The summed E-state index contributed by atoms with van der Waals surface area (Å²) in [6, 6.07) is 9.57. The first-order valence-electron chi connectivity index (χ1n) is 5.51. The topological polar surface area (TPSA) is 77.5 Å². The van der Waals surface area contributed by atoms with E-state index < -0.39 is 16.6 Å². The highest BCUT2D eigenvalue weighted by molar-refractivity contribution is 7.84. The number of benzene rings is 1. The van der Waals surface area contributed by atoms with Crippen LogP contribution in [0.5, 0.6) is 0 Å². The van der Waals surface area contributed by atoms with E-state index in [1.54, 1.807) is 6.07 Å². The molecule has 2 rings (SSSR count). The Morgan fingerprint density at radius 2 is 1.95 bits per heavy atom. The van der Waals surface area contributed by atoms with Crippen molar-refractivity contribution in [3.05, 3.63) is 47.4 Å². The average molecular weight is 285 g/mol. The molecule has 1 aromatic heterocycles. The Bertz CT molecular complexity index is 790. The lowest BCUT2D eigenvalue weighted by molar-refractivity contribution is 0.631. The van der Waals surface area contributed by atoms with Crippen LogP contribution in [0, 0.1) is 28.5 Å². The van der Waals surface area contributed by atoms with Crippen molar-refractivity contribution in [2.45, 2.75) is 5.03 Å². The molecular weight excluding hydrogens is 277 g/mol. The molecule has 0 saturated carbocycles. The molecule has 1 unspecified atom stereocenters. The maximum atomic E-state index is 13.9. The predicted molar refractivity (Wildman–Crippen MR) is 71.4 cm³/mol. The van der Waals surface area contributed by atoms with E-state index in [0.29, 0.717) is 0 Å². The normalized spacial score (nSPS) is 11.4. The summed E-state index contributed by atoms with van der Waals surface area (Å²) in [5, 5.41) is 18.4. The molecule has 4 nitrogen and oxygen atoms in total. The van der Waals surface area contributed by atoms with Gasteiger partial charge >= 0.3 is 0 Å². The van der Waals surface area contributed by atoms with Crippen molar-refractivity contribution >= 4 is 10.8 Å². The van der Waals surface area contributed by atoms with Gasteiger partial charge in [-0.1, -0.05) is 18.2 Å². The fourth-order valence-electron chi connectivity index (χ4n) is 1.84. The van der Waals surface area contributed by atoms with Crippen LogP contribution in [0.3, 0.4) is 0 Å². The molecule has 0 radical (unpaired) electrons. The third-order valence-corrected chi connectivity index (χ3v) is 3.55. The van der Waals surface area contributed by atoms with Gasteiger partial charge in [-0.25, -0.2) is 9.37 Å². The predicted octanol–water partition coefficient (Wildman–Crippen LogP) is 2.37. The molecule has 0 aliphatic rings. The van der Waals surface area contributed by atoms with Crippen LogP contribution < -0.4 is 0 Å². The molecule has 0 aliphatic carbocycles. The minimum atomic E-state index is -1.51. The van der Waals surface area contributed by atoms with Crippen LogP contribution in [0.4, 0.5) is 4.39 Å². The molecular formula is C14H8FN3OS. The van der Waals surface area contributed by atoms with Crippen molar-refractivity contribution in [1.82, 2.24) is 4.98 Å². The largest absolute Gasteiger partial charge is 0.253 e. The molecule has 1 heterocycles. The lowest BCUT2D eigenvalue weighted by Crippen LogP contribution is -2.02. The highest BCUT2D eigenvalue weighted by Gasteiger charge is 2.20. The van der Waals surface area contributed by atoms with Crippen LogP contribution in [0.1, 0.15) is 11.1 Å². The second-order valence-corrected chi connectivity index (χ2v) is 5.18. The number of nitriles is 2. The summed E-state index contributed by atoms with van der Waals surface area (Å²) in [6.45, 7) is 0. The van der Waals surface area contributed by atoms with Crippen molar-refractivity contribution in [2.75, 3.05) is 6.26 Å². The van der Waals surface area contributed by atoms with Gasteiger partial charge in [-0.2, -0.15) is 10.5 Å². The van der Waals surface area contributed by atoms with Crippen LogP contribution in [0.15, 0.2) is 35.5 Å². The lowest BCUT2D eigenvalue weighted by Gasteiger charge is -2.10. The van der Waals surface area contributed by atoms with Gasteiger partial charge in [0.25, 0.3) is 0 Å². The fraction of sp³-hybridized carbons (Fsp3) is 0.0714. The summed E-state index contributed by atoms with van der Waals surface area (Å²) in [5.41, 5.74) is 0.291. The van der Waals surface area contributed by atoms with Crippen LogP contribution in [-0.2, 0) is 10.8 Å². The van der Waals surface area contributed by atoms with E-state index in [1.165, 1.54) is 30.7 Å². The number of aromatic nitrogens is 1. The molecule has 0 fully saturated rings. The second kappa shape index (κ2) is 5.60. The summed E-state index contributed by atoms with van der Waals surface area (Å²) in [6.07, 6.45) is 2.58. The minimum Gasteiger partial charge on any atom is -0.253 e. The number of hydrogen-bond donors (Lipinski definition) is 0. The monoisotopic (exact) mass is 285 g/mol. The van der Waals surface area contributed by atoms with E-state index in [4.69, 9.17) is 5.26 Å². The van der Waals surface area contributed by atoms with Crippen LogP contribution in [0.25, 0.3) is 11.1 Å². The Kier molecular flexibility index (Phi) is 3.88. The summed E-state index contributed by atoms with van der Waals surface area (Å²) >= 11 is 0. The third kappa shape index (κ3) is 2.29. The molecule has 0 N–H and O–H groups in total. The van der Waals surface area contributed by atoms with Gasteiger partial charge in [0.2, 0.25) is 0 Å². The van der Waals surface area contributed by atoms with E-state index in [2.05, 4.69) is 4.98 Å².